The molecule has 0 radical (unpaired) electrons. The van der Waals surface area contributed by atoms with Crippen molar-refractivity contribution in [3.63, 3.8) is 0 Å². The number of hydrogen-bond donors (Lipinski definition) is 1. The Kier molecular flexibility index (Phi) is 4.28. The molecule has 0 spiro atoms. The summed E-state index contributed by atoms with van der Waals surface area (Å²) in [7, 11) is 0. The van der Waals surface area contributed by atoms with Crippen molar-refractivity contribution in [1.29, 1.82) is 5.26 Å². The molecular weight excluding hydrogens is 314 g/mol. The molecule has 1 atom stereocenters. The van der Waals surface area contributed by atoms with Gasteiger partial charge >= 0.3 is 0 Å². The molecule has 3 nitrogen and oxygen atoms in total. The minimum atomic E-state index is 0.565. The Morgan fingerprint density at radius 3 is 2.80 bits per heavy atom. The van der Waals surface area contributed by atoms with Crippen LogP contribution in [0.3, 0.4) is 0 Å². The lowest BCUT2D eigenvalue weighted by molar-refractivity contribution is 0.398. The molecule has 0 bridgehead atoms. The third kappa shape index (κ3) is 3.16. The lowest BCUT2D eigenvalue weighted by atomic mass is 10.0. The number of anilines is 1. The Morgan fingerprint density at radius 1 is 1.30 bits per heavy atom. The molecule has 1 N–H and O–H groups in total. The number of hydrogen-bond acceptors (Lipinski definition) is 3. The molecule has 1 aromatic rings. The maximum atomic E-state index is 9.36. The first-order valence-electron chi connectivity index (χ1n) is 7.47. The molecule has 1 heterocycles. The summed E-state index contributed by atoms with van der Waals surface area (Å²) in [4.78, 5) is 2.45. The highest BCUT2D eigenvalue weighted by molar-refractivity contribution is 9.10. The Balaban J connectivity index is 1.83. The van der Waals surface area contributed by atoms with Crippen molar-refractivity contribution in [1.82, 2.24) is 5.32 Å². The van der Waals surface area contributed by atoms with E-state index in [0.29, 0.717) is 12.1 Å². The highest BCUT2D eigenvalue weighted by Crippen LogP contribution is 2.35. The molecule has 1 saturated heterocycles. The van der Waals surface area contributed by atoms with Gasteiger partial charge in [0.15, 0.2) is 0 Å². The van der Waals surface area contributed by atoms with E-state index in [4.69, 9.17) is 0 Å². The topological polar surface area (TPSA) is 39.1 Å². The zero-order chi connectivity index (χ0) is 13.9. The van der Waals surface area contributed by atoms with Crippen LogP contribution < -0.4 is 10.2 Å². The number of benzene rings is 1. The summed E-state index contributed by atoms with van der Waals surface area (Å²) in [6.07, 6.45) is 6.37. The monoisotopic (exact) mass is 333 g/mol. The van der Waals surface area contributed by atoms with Gasteiger partial charge in [-0.2, -0.15) is 5.26 Å². The van der Waals surface area contributed by atoms with Crippen LogP contribution in [0, 0.1) is 11.3 Å². The van der Waals surface area contributed by atoms with Crippen molar-refractivity contribution in [3.05, 3.63) is 28.2 Å². The predicted molar refractivity (Wildman–Crippen MR) is 84.9 cm³/mol. The standard InChI is InChI=1S/C16H20BrN3/c17-13-5-4-12(10-18)16(9-13)20(15-6-7-15)11-14-3-1-2-8-19-14/h4-5,9,14-15,19H,1-3,6-8,11H2. The van der Waals surface area contributed by atoms with Crippen LogP contribution in [0.4, 0.5) is 5.69 Å². The van der Waals surface area contributed by atoms with Crippen LogP contribution in [0.2, 0.25) is 0 Å². The van der Waals surface area contributed by atoms with Gasteiger partial charge in [-0.3, -0.25) is 0 Å². The van der Waals surface area contributed by atoms with Crippen molar-refractivity contribution in [2.24, 2.45) is 0 Å². The normalized spacial score (nSPS) is 22.3. The number of nitriles is 1. The molecule has 0 amide bonds. The van der Waals surface area contributed by atoms with Crippen molar-refractivity contribution < 1.29 is 0 Å². The van der Waals surface area contributed by atoms with E-state index in [9.17, 15) is 5.26 Å². The zero-order valence-electron chi connectivity index (χ0n) is 11.6. The van der Waals surface area contributed by atoms with Crippen LogP contribution in [0.1, 0.15) is 37.7 Å². The zero-order valence-corrected chi connectivity index (χ0v) is 13.2. The van der Waals surface area contributed by atoms with Crippen LogP contribution in [0.15, 0.2) is 22.7 Å². The van der Waals surface area contributed by atoms with Gasteiger partial charge in [0.2, 0.25) is 0 Å². The van der Waals surface area contributed by atoms with Gasteiger partial charge < -0.3 is 10.2 Å². The first kappa shape index (κ1) is 13.9. The SMILES string of the molecule is N#Cc1ccc(Br)cc1N(CC1CCCCN1)C1CC1. The van der Waals surface area contributed by atoms with E-state index in [-0.39, 0.29) is 0 Å². The molecule has 3 rings (SSSR count). The number of halogens is 1. The van der Waals surface area contributed by atoms with Crippen molar-refractivity contribution in [2.75, 3.05) is 18.0 Å². The van der Waals surface area contributed by atoms with Crippen molar-refractivity contribution in [3.8, 4) is 6.07 Å². The highest BCUT2D eigenvalue weighted by atomic mass is 79.9. The first-order chi connectivity index (χ1) is 9.78. The average molecular weight is 334 g/mol. The van der Waals surface area contributed by atoms with Crippen LogP contribution in [-0.2, 0) is 0 Å². The van der Waals surface area contributed by atoms with E-state index in [1.54, 1.807) is 0 Å². The average Bonchev–Trinajstić information content (AvgIpc) is 3.30. The first-order valence-corrected chi connectivity index (χ1v) is 8.27. The van der Waals surface area contributed by atoms with Gasteiger partial charge in [0.1, 0.15) is 6.07 Å². The molecule has 1 aliphatic carbocycles. The Morgan fingerprint density at radius 2 is 2.15 bits per heavy atom. The molecule has 2 aliphatic rings. The van der Waals surface area contributed by atoms with Crippen LogP contribution in [-0.4, -0.2) is 25.2 Å². The lowest BCUT2D eigenvalue weighted by Crippen LogP contribution is -2.44. The number of piperidine rings is 1. The second-order valence-corrected chi connectivity index (χ2v) is 6.72. The minimum Gasteiger partial charge on any atom is -0.366 e. The maximum Gasteiger partial charge on any atom is 0.101 e. The van der Waals surface area contributed by atoms with Crippen LogP contribution >= 0.6 is 15.9 Å². The molecule has 20 heavy (non-hydrogen) atoms. The van der Waals surface area contributed by atoms with Gasteiger partial charge in [0, 0.05) is 23.1 Å². The van der Waals surface area contributed by atoms with E-state index in [1.807, 2.05) is 12.1 Å². The van der Waals surface area contributed by atoms with Crippen molar-refractivity contribution in [2.45, 2.75) is 44.2 Å². The molecule has 2 fully saturated rings. The molecule has 0 aromatic heterocycles. The van der Waals surface area contributed by atoms with Gasteiger partial charge in [0.25, 0.3) is 0 Å². The Bertz CT molecular complexity index is 513. The third-order valence-electron chi connectivity index (χ3n) is 4.21. The van der Waals surface area contributed by atoms with E-state index in [1.165, 1.54) is 32.1 Å². The van der Waals surface area contributed by atoms with E-state index in [0.717, 1.165) is 28.8 Å². The van der Waals surface area contributed by atoms with Gasteiger partial charge in [0.05, 0.1) is 11.3 Å². The second-order valence-electron chi connectivity index (χ2n) is 5.80. The second kappa shape index (κ2) is 6.15. The summed E-state index contributed by atoms with van der Waals surface area (Å²) >= 11 is 3.54. The lowest BCUT2D eigenvalue weighted by Gasteiger charge is -2.32. The molecule has 1 saturated carbocycles. The fourth-order valence-electron chi connectivity index (χ4n) is 2.98. The van der Waals surface area contributed by atoms with Crippen molar-refractivity contribution >= 4 is 21.6 Å². The van der Waals surface area contributed by atoms with Crippen LogP contribution in [0.25, 0.3) is 0 Å². The summed E-state index contributed by atoms with van der Waals surface area (Å²) < 4.78 is 1.05. The van der Waals surface area contributed by atoms with Gasteiger partial charge in [-0.15, -0.1) is 0 Å². The Labute approximate surface area is 129 Å². The maximum absolute atomic E-state index is 9.36. The fraction of sp³-hybridized carbons (Fsp3) is 0.562. The third-order valence-corrected chi connectivity index (χ3v) is 4.70. The molecule has 1 aliphatic heterocycles. The number of nitrogens with zero attached hydrogens (tertiary/aromatic N) is 2. The number of rotatable bonds is 4. The molecule has 4 heteroatoms. The summed E-state index contributed by atoms with van der Waals surface area (Å²) in [5.41, 5.74) is 1.88. The summed E-state index contributed by atoms with van der Waals surface area (Å²) in [6, 6.07) is 9.50. The highest BCUT2D eigenvalue weighted by Gasteiger charge is 2.32. The van der Waals surface area contributed by atoms with E-state index < -0.39 is 0 Å². The quantitative estimate of drug-likeness (QED) is 0.917. The van der Waals surface area contributed by atoms with Crippen LogP contribution in [0.5, 0.6) is 0 Å². The molecule has 1 aromatic carbocycles. The summed E-state index contributed by atoms with van der Waals surface area (Å²) in [6.45, 7) is 2.16. The largest absolute Gasteiger partial charge is 0.366 e. The number of nitrogens with one attached hydrogen (secondary N) is 1. The van der Waals surface area contributed by atoms with Gasteiger partial charge in [-0.1, -0.05) is 22.4 Å². The molecule has 1 unspecified atom stereocenters. The molecular formula is C16H20BrN3. The summed E-state index contributed by atoms with van der Waals surface area (Å²) in [5, 5.41) is 13.0. The fourth-order valence-corrected chi connectivity index (χ4v) is 3.33. The van der Waals surface area contributed by atoms with E-state index >= 15 is 0 Å². The summed E-state index contributed by atoms with van der Waals surface area (Å²) in [5.74, 6) is 0. The molecule has 106 valence electrons. The van der Waals surface area contributed by atoms with Gasteiger partial charge in [-0.25, -0.2) is 0 Å². The minimum absolute atomic E-state index is 0.565. The smallest absolute Gasteiger partial charge is 0.101 e. The van der Waals surface area contributed by atoms with E-state index in [2.05, 4.69) is 38.3 Å². The van der Waals surface area contributed by atoms with Gasteiger partial charge in [-0.05, 0) is 50.4 Å². The Hall–Kier alpha value is -1.05. The predicted octanol–water partition coefficient (Wildman–Crippen LogP) is 3.43.